The maximum absolute atomic E-state index is 10.9. The largest absolute Gasteiger partial charge is 0.493 e. The number of allylic oxidation sites excluding steroid dienone is 1. The minimum atomic E-state index is -0.210. The van der Waals surface area contributed by atoms with Crippen molar-refractivity contribution in [2.45, 2.75) is 39.0 Å². The molecule has 0 unspecified atom stereocenters. The van der Waals surface area contributed by atoms with Gasteiger partial charge >= 0.3 is 4.87 Å². The van der Waals surface area contributed by atoms with Crippen LogP contribution in [0.4, 0.5) is 0 Å². The van der Waals surface area contributed by atoms with Gasteiger partial charge in [0, 0.05) is 0 Å². The summed E-state index contributed by atoms with van der Waals surface area (Å²) in [4.78, 5) is 13.6. The molecule has 3 nitrogen and oxygen atoms in total. The molecule has 0 aromatic carbocycles. The third kappa shape index (κ3) is 4.34. The molecule has 0 fully saturated rings. The molecule has 84 valence electrons. The molecule has 0 saturated carbocycles. The van der Waals surface area contributed by atoms with Gasteiger partial charge in [-0.1, -0.05) is 43.6 Å². The van der Waals surface area contributed by atoms with E-state index in [9.17, 15) is 9.90 Å². The number of aromatic hydroxyl groups is 1. The summed E-state index contributed by atoms with van der Waals surface area (Å²) >= 11 is 1.03. The molecule has 0 atom stereocenters. The predicted molar refractivity (Wildman–Crippen MR) is 64.4 cm³/mol. The van der Waals surface area contributed by atoms with Crippen LogP contribution in [-0.2, 0) is 0 Å². The van der Waals surface area contributed by atoms with E-state index in [4.69, 9.17) is 0 Å². The average molecular weight is 227 g/mol. The summed E-state index contributed by atoms with van der Waals surface area (Å²) in [6.45, 7) is 2.19. The standard InChI is InChI=1S/C11H17NO2S/c1-2-3-4-5-6-7-8-9-10(13)12-11(14)15-9/h7-8,13H,2-6H2,1H3,(H,12,14). The van der Waals surface area contributed by atoms with Crippen LogP contribution in [0.15, 0.2) is 10.9 Å². The first-order valence-corrected chi connectivity index (χ1v) is 6.14. The van der Waals surface area contributed by atoms with E-state index in [-0.39, 0.29) is 10.8 Å². The van der Waals surface area contributed by atoms with Crippen LogP contribution >= 0.6 is 11.3 Å². The minimum Gasteiger partial charge on any atom is -0.493 e. The lowest BCUT2D eigenvalue weighted by Gasteiger charge is -1.93. The highest BCUT2D eigenvalue weighted by atomic mass is 32.1. The Labute approximate surface area is 93.5 Å². The lowest BCUT2D eigenvalue weighted by Crippen LogP contribution is -1.89. The summed E-state index contributed by atoms with van der Waals surface area (Å²) in [5.41, 5.74) is 0. The summed E-state index contributed by atoms with van der Waals surface area (Å²) in [5.74, 6) is -0.0187. The predicted octanol–water partition coefficient (Wildman–Crippen LogP) is 3.13. The van der Waals surface area contributed by atoms with E-state index in [0.29, 0.717) is 4.88 Å². The highest BCUT2D eigenvalue weighted by Crippen LogP contribution is 2.17. The molecule has 1 heterocycles. The monoisotopic (exact) mass is 227 g/mol. The van der Waals surface area contributed by atoms with E-state index in [1.807, 2.05) is 12.2 Å². The molecule has 0 radical (unpaired) electrons. The van der Waals surface area contributed by atoms with Gasteiger partial charge in [-0.2, -0.15) is 0 Å². The number of H-pyrrole nitrogens is 1. The first-order valence-electron chi connectivity index (χ1n) is 5.32. The fourth-order valence-corrected chi connectivity index (χ4v) is 1.98. The van der Waals surface area contributed by atoms with Crippen LogP contribution in [-0.4, -0.2) is 10.1 Å². The van der Waals surface area contributed by atoms with Gasteiger partial charge in [0.1, 0.15) is 0 Å². The van der Waals surface area contributed by atoms with Gasteiger partial charge in [-0.15, -0.1) is 0 Å². The Kier molecular flexibility index (Phi) is 5.18. The van der Waals surface area contributed by atoms with Gasteiger partial charge in [0.25, 0.3) is 0 Å². The van der Waals surface area contributed by atoms with Gasteiger partial charge in [0.2, 0.25) is 5.88 Å². The van der Waals surface area contributed by atoms with Crippen molar-refractivity contribution < 1.29 is 5.11 Å². The molecular formula is C11H17NO2S. The summed E-state index contributed by atoms with van der Waals surface area (Å²) in [7, 11) is 0. The van der Waals surface area contributed by atoms with Gasteiger partial charge < -0.3 is 5.11 Å². The number of rotatable bonds is 6. The maximum atomic E-state index is 10.9. The zero-order chi connectivity index (χ0) is 11.1. The Morgan fingerprint density at radius 2 is 2.20 bits per heavy atom. The smallest absolute Gasteiger partial charge is 0.307 e. The number of aromatic nitrogens is 1. The average Bonchev–Trinajstić information content (AvgIpc) is 2.51. The Morgan fingerprint density at radius 1 is 1.40 bits per heavy atom. The van der Waals surface area contributed by atoms with Crippen LogP contribution < -0.4 is 4.87 Å². The molecule has 2 N–H and O–H groups in total. The van der Waals surface area contributed by atoms with Crippen molar-refractivity contribution in [3.05, 3.63) is 20.6 Å². The first kappa shape index (κ1) is 12.0. The van der Waals surface area contributed by atoms with E-state index >= 15 is 0 Å². The Balaban J connectivity index is 2.32. The van der Waals surface area contributed by atoms with Gasteiger partial charge in [-0.05, 0) is 18.9 Å². The van der Waals surface area contributed by atoms with Crippen molar-refractivity contribution >= 4 is 17.4 Å². The molecule has 4 heteroatoms. The fraction of sp³-hybridized carbons (Fsp3) is 0.545. The van der Waals surface area contributed by atoms with E-state index in [1.165, 1.54) is 25.7 Å². The third-order valence-electron chi connectivity index (χ3n) is 2.15. The van der Waals surface area contributed by atoms with E-state index in [2.05, 4.69) is 11.9 Å². The lowest BCUT2D eigenvalue weighted by atomic mass is 10.1. The molecule has 0 aliphatic rings. The summed E-state index contributed by atoms with van der Waals surface area (Å²) in [6.07, 6.45) is 9.75. The van der Waals surface area contributed by atoms with Gasteiger partial charge in [0.05, 0.1) is 4.88 Å². The second-order valence-electron chi connectivity index (χ2n) is 3.48. The molecule has 1 rings (SSSR count). The van der Waals surface area contributed by atoms with Crippen molar-refractivity contribution in [3.8, 4) is 5.88 Å². The van der Waals surface area contributed by atoms with Crippen LogP contribution in [0.25, 0.3) is 6.08 Å². The number of aromatic amines is 1. The fourth-order valence-electron chi connectivity index (χ4n) is 1.32. The van der Waals surface area contributed by atoms with Gasteiger partial charge in [-0.3, -0.25) is 9.78 Å². The second-order valence-corrected chi connectivity index (χ2v) is 4.49. The molecule has 0 aliphatic carbocycles. The number of nitrogens with one attached hydrogen (secondary N) is 1. The second kappa shape index (κ2) is 6.45. The zero-order valence-corrected chi connectivity index (χ0v) is 9.77. The van der Waals surface area contributed by atoms with Crippen LogP contribution in [0.5, 0.6) is 5.88 Å². The van der Waals surface area contributed by atoms with E-state index < -0.39 is 0 Å². The number of hydrogen-bond donors (Lipinski definition) is 2. The van der Waals surface area contributed by atoms with Crippen LogP contribution in [0.3, 0.4) is 0 Å². The lowest BCUT2D eigenvalue weighted by molar-refractivity contribution is 0.455. The molecule has 0 spiro atoms. The van der Waals surface area contributed by atoms with Crippen molar-refractivity contribution in [1.29, 1.82) is 0 Å². The van der Waals surface area contributed by atoms with Gasteiger partial charge in [0.15, 0.2) is 0 Å². The normalized spacial score (nSPS) is 11.3. The molecule has 0 aliphatic heterocycles. The summed E-state index contributed by atoms with van der Waals surface area (Å²) in [6, 6.07) is 0. The highest BCUT2D eigenvalue weighted by molar-refractivity contribution is 7.10. The molecule has 0 amide bonds. The highest BCUT2D eigenvalue weighted by Gasteiger charge is 2.01. The van der Waals surface area contributed by atoms with Crippen molar-refractivity contribution in [2.75, 3.05) is 0 Å². The Bertz CT molecular complexity index is 365. The van der Waals surface area contributed by atoms with Crippen molar-refractivity contribution in [2.24, 2.45) is 0 Å². The summed E-state index contributed by atoms with van der Waals surface area (Å²) < 4.78 is 0. The maximum Gasteiger partial charge on any atom is 0.307 e. The number of unbranched alkanes of at least 4 members (excludes halogenated alkanes) is 4. The van der Waals surface area contributed by atoms with Crippen molar-refractivity contribution in [1.82, 2.24) is 4.98 Å². The van der Waals surface area contributed by atoms with E-state index in [0.717, 1.165) is 17.8 Å². The third-order valence-corrected chi connectivity index (χ3v) is 2.99. The van der Waals surface area contributed by atoms with Crippen LogP contribution in [0.2, 0.25) is 0 Å². The SMILES string of the molecule is CCCCCCC=Cc1sc(=O)[nH]c1O. The Morgan fingerprint density at radius 3 is 2.80 bits per heavy atom. The number of hydrogen-bond acceptors (Lipinski definition) is 3. The van der Waals surface area contributed by atoms with Crippen molar-refractivity contribution in [3.63, 3.8) is 0 Å². The molecule has 0 bridgehead atoms. The topological polar surface area (TPSA) is 53.1 Å². The van der Waals surface area contributed by atoms with Crippen LogP contribution in [0.1, 0.15) is 43.9 Å². The summed E-state index contributed by atoms with van der Waals surface area (Å²) in [5, 5.41) is 9.28. The number of thiazole rings is 1. The van der Waals surface area contributed by atoms with E-state index in [1.54, 1.807) is 0 Å². The van der Waals surface area contributed by atoms with Crippen LogP contribution in [0, 0.1) is 0 Å². The molecule has 1 aromatic heterocycles. The van der Waals surface area contributed by atoms with Gasteiger partial charge in [-0.25, -0.2) is 0 Å². The Hall–Kier alpha value is -1.03. The molecule has 15 heavy (non-hydrogen) atoms. The molecular weight excluding hydrogens is 210 g/mol. The molecule has 1 aromatic rings. The zero-order valence-electron chi connectivity index (χ0n) is 8.95. The molecule has 0 saturated heterocycles. The minimum absolute atomic E-state index is 0.0187. The first-order chi connectivity index (χ1) is 7.24. The quantitative estimate of drug-likeness (QED) is 0.734.